The van der Waals surface area contributed by atoms with E-state index in [4.69, 9.17) is 4.42 Å². The van der Waals surface area contributed by atoms with E-state index in [1.807, 2.05) is 24.3 Å². The molecule has 1 unspecified atom stereocenters. The number of hydrogen-bond acceptors (Lipinski definition) is 5. The molecule has 0 aromatic carbocycles. The molecule has 5 heteroatoms. The number of rotatable bonds is 6. The fourth-order valence-electron chi connectivity index (χ4n) is 2.61. The molecule has 1 aliphatic heterocycles. The first-order valence-corrected chi connectivity index (χ1v) is 8.50. The number of amidine groups is 1. The highest BCUT2D eigenvalue weighted by atomic mass is 32.2. The van der Waals surface area contributed by atoms with Crippen molar-refractivity contribution in [1.29, 1.82) is 0 Å². The molecule has 0 bridgehead atoms. The monoisotopic (exact) mass is 325 g/mol. The highest BCUT2D eigenvalue weighted by Gasteiger charge is 2.20. The van der Waals surface area contributed by atoms with Crippen LogP contribution < -0.4 is 5.32 Å². The summed E-state index contributed by atoms with van der Waals surface area (Å²) in [5.41, 5.74) is 3.02. The maximum absolute atomic E-state index is 5.62. The number of nitrogens with zero attached hydrogens (tertiary/aromatic N) is 2. The van der Waals surface area contributed by atoms with Gasteiger partial charge in [0.2, 0.25) is 0 Å². The molecule has 4 nitrogen and oxygen atoms in total. The smallest absolute Gasteiger partial charge is 0.157 e. The molecule has 1 atom stereocenters. The quantitative estimate of drug-likeness (QED) is 0.874. The second-order valence-electron chi connectivity index (χ2n) is 5.13. The summed E-state index contributed by atoms with van der Waals surface area (Å²) in [5.74, 6) is 1.92. The largest absolute Gasteiger partial charge is 0.467 e. The summed E-state index contributed by atoms with van der Waals surface area (Å²) >= 11 is 1.74. The minimum absolute atomic E-state index is 0.0214. The van der Waals surface area contributed by atoms with Crippen molar-refractivity contribution < 1.29 is 4.42 Å². The van der Waals surface area contributed by atoms with Gasteiger partial charge in [0.1, 0.15) is 5.76 Å². The third-order valence-electron chi connectivity index (χ3n) is 3.70. The number of nitrogens with one attached hydrogen (secondary N) is 1. The average molecular weight is 325 g/mol. The first kappa shape index (κ1) is 15.6. The van der Waals surface area contributed by atoms with Crippen LogP contribution in [0.5, 0.6) is 0 Å². The SMILES string of the molecule is C=Cc1nccc(CC(NC2=NCCS2)c2ccco2)c1C=C. The fourth-order valence-corrected chi connectivity index (χ4v) is 3.40. The second-order valence-corrected chi connectivity index (χ2v) is 6.21. The van der Waals surface area contributed by atoms with Crippen molar-refractivity contribution in [2.24, 2.45) is 4.99 Å². The second kappa shape index (κ2) is 7.33. The van der Waals surface area contributed by atoms with Crippen molar-refractivity contribution in [3.05, 3.63) is 66.4 Å². The van der Waals surface area contributed by atoms with Crippen molar-refractivity contribution in [1.82, 2.24) is 10.3 Å². The predicted octanol–water partition coefficient (Wildman–Crippen LogP) is 3.94. The van der Waals surface area contributed by atoms with Crippen LogP contribution in [-0.4, -0.2) is 22.4 Å². The lowest BCUT2D eigenvalue weighted by molar-refractivity contribution is 0.446. The lowest BCUT2D eigenvalue weighted by Crippen LogP contribution is -2.27. The van der Waals surface area contributed by atoms with Gasteiger partial charge in [-0.1, -0.05) is 31.0 Å². The Morgan fingerprint density at radius 3 is 2.91 bits per heavy atom. The lowest BCUT2D eigenvalue weighted by atomic mass is 9.98. The molecular formula is C18H19N3OS. The standard InChI is InChI=1S/C18H19N3OS/c1-3-14-13(7-8-19-15(14)4-2)12-16(17-6-5-10-22-17)21-18-20-9-11-23-18/h3-8,10,16H,1-2,9,11-12H2,(H,20,21). The molecule has 0 aliphatic carbocycles. The third-order valence-corrected chi connectivity index (χ3v) is 4.61. The minimum atomic E-state index is 0.0214. The third kappa shape index (κ3) is 3.56. The first-order chi connectivity index (χ1) is 11.3. The number of aromatic nitrogens is 1. The number of furan rings is 1. The first-order valence-electron chi connectivity index (χ1n) is 7.51. The molecule has 3 heterocycles. The van der Waals surface area contributed by atoms with Gasteiger partial charge >= 0.3 is 0 Å². The Bertz CT molecular complexity index is 722. The summed E-state index contributed by atoms with van der Waals surface area (Å²) in [4.78, 5) is 8.82. The Morgan fingerprint density at radius 1 is 1.35 bits per heavy atom. The molecule has 0 saturated heterocycles. The van der Waals surface area contributed by atoms with Gasteiger partial charge in [0.05, 0.1) is 24.5 Å². The summed E-state index contributed by atoms with van der Waals surface area (Å²) in [6.07, 6.45) is 7.86. The number of thioether (sulfide) groups is 1. The van der Waals surface area contributed by atoms with Crippen LogP contribution in [0.2, 0.25) is 0 Å². The van der Waals surface area contributed by atoms with Gasteiger partial charge in [-0.3, -0.25) is 9.98 Å². The Hall–Kier alpha value is -2.27. The fraction of sp³-hybridized carbons (Fsp3) is 0.222. The molecular weight excluding hydrogens is 306 g/mol. The molecule has 1 N–H and O–H groups in total. The van der Waals surface area contributed by atoms with Gasteiger partial charge in [-0.05, 0) is 29.8 Å². The van der Waals surface area contributed by atoms with Crippen LogP contribution in [0, 0.1) is 0 Å². The highest BCUT2D eigenvalue weighted by Crippen LogP contribution is 2.25. The Balaban J connectivity index is 1.89. The Labute approximate surface area is 140 Å². The molecule has 0 spiro atoms. The molecule has 118 valence electrons. The summed E-state index contributed by atoms with van der Waals surface area (Å²) in [6.45, 7) is 8.61. The summed E-state index contributed by atoms with van der Waals surface area (Å²) in [6, 6.07) is 5.93. The molecule has 2 aromatic rings. The molecule has 0 amide bonds. The highest BCUT2D eigenvalue weighted by molar-refractivity contribution is 8.14. The van der Waals surface area contributed by atoms with Crippen molar-refractivity contribution in [3.63, 3.8) is 0 Å². The van der Waals surface area contributed by atoms with Gasteiger partial charge in [-0.15, -0.1) is 0 Å². The number of aliphatic imine (C=N–C) groups is 1. The van der Waals surface area contributed by atoms with Crippen LogP contribution in [0.25, 0.3) is 12.2 Å². The zero-order chi connectivity index (χ0) is 16.1. The predicted molar refractivity (Wildman–Crippen MR) is 97.5 cm³/mol. The summed E-state index contributed by atoms with van der Waals surface area (Å²) in [5, 5.41) is 4.47. The van der Waals surface area contributed by atoms with E-state index >= 15 is 0 Å². The summed E-state index contributed by atoms with van der Waals surface area (Å²) in [7, 11) is 0. The van der Waals surface area contributed by atoms with Gasteiger partial charge in [0.25, 0.3) is 0 Å². The van der Waals surface area contributed by atoms with E-state index in [0.717, 1.165) is 46.5 Å². The van der Waals surface area contributed by atoms with E-state index in [9.17, 15) is 0 Å². The van der Waals surface area contributed by atoms with Gasteiger partial charge in [-0.2, -0.15) is 0 Å². The molecule has 0 fully saturated rings. The minimum Gasteiger partial charge on any atom is -0.467 e. The van der Waals surface area contributed by atoms with Crippen molar-refractivity contribution >= 4 is 29.1 Å². The topological polar surface area (TPSA) is 50.4 Å². The zero-order valence-corrected chi connectivity index (χ0v) is 13.7. The zero-order valence-electron chi connectivity index (χ0n) is 12.9. The molecule has 3 rings (SSSR count). The molecule has 23 heavy (non-hydrogen) atoms. The van der Waals surface area contributed by atoms with Gasteiger partial charge < -0.3 is 9.73 Å². The molecule has 2 aromatic heterocycles. The Kier molecular flexibility index (Phi) is 4.98. The van der Waals surface area contributed by atoms with Crippen LogP contribution in [0.4, 0.5) is 0 Å². The maximum atomic E-state index is 5.62. The average Bonchev–Trinajstić information content (AvgIpc) is 3.27. The van der Waals surface area contributed by atoms with Crippen LogP contribution >= 0.6 is 11.8 Å². The van der Waals surface area contributed by atoms with Crippen molar-refractivity contribution in [2.45, 2.75) is 12.5 Å². The molecule has 1 aliphatic rings. The number of pyridine rings is 1. The van der Waals surface area contributed by atoms with E-state index in [2.05, 4.69) is 28.5 Å². The Morgan fingerprint density at radius 2 is 2.26 bits per heavy atom. The normalized spacial score (nSPS) is 15.0. The number of hydrogen-bond donors (Lipinski definition) is 1. The van der Waals surface area contributed by atoms with Gasteiger partial charge in [0, 0.05) is 23.9 Å². The summed E-state index contributed by atoms with van der Waals surface area (Å²) < 4.78 is 5.62. The van der Waals surface area contributed by atoms with E-state index in [1.54, 1.807) is 30.3 Å². The van der Waals surface area contributed by atoms with E-state index in [0.29, 0.717) is 0 Å². The van der Waals surface area contributed by atoms with Crippen molar-refractivity contribution in [3.8, 4) is 0 Å². The lowest BCUT2D eigenvalue weighted by Gasteiger charge is -2.19. The molecule has 0 saturated carbocycles. The molecule has 0 radical (unpaired) electrons. The van der Waals surface area contributed by atoms with Crippen LogP contribution in [0.3, 0.4) is 0 Å². The van der Waals surface area contributed by atoms with Gasteiger partial charge in [-0.25, -0.2) is 0 Å². The van der Waals surface area contributed by atoms with E-state index in [1.165, 1.54) is 0 Å². The van der Waals surface area contributed by atoms with E-state index in [-0.39, 0.29) is 6.04 Å². The van der Waals surface area contributed by atoms with E-state index < -0.39 is 0 Å². The van der Waals surface area contributed by atoms with Crippen LogP contribution in [0.1, 0.15) is 28.6 Å². The van der Waals surface area contributed by atoms with Gasteiger partial charge in [0.15, 0.2) is 5.17 Å². The maximum Gasteiger partial charge on any atom is 0.157 e. The van der Waals surface area contributed by atoms with Crippen molar-refractivity contribution in [2.75, 3.05) is 12.3 Å². The van der Waals surface area contributed by atoms with Crippen LogP contribution in [0.15, 0.2) is 53.2 Å². The van der Waals surface area contributed by atoms with Crippen LogP contribution in [-0.2, 0) is 6.42 Å².